The number of nitrogens with zero attached hydrogens (tertiary/aromatic N) is 1. The number of amides is 1. The Bertz CT molecular complexity index is 686. The number of hydrogen-bond acceptors (Lipinski definition) is 4. The van der Waals surface area contributed by atoms with Gasteiger partial charge in [-0.2, -0.15) is 0 Å². The average molecular weight is 300 g/mol. The summed E-state index contributed by atoms with van der Waals surface area (Å²) in [5.74, 6) is 0.284. The number of nitro groups is 1. The Morgan fingerprint density at radius 3 is 2.50 bits per heavy atom. The van der Waals surface area contributed by atoms with Crippen LogP contribution in [0.1, 0.15) is 12.5 Å². The fourth-order valence-electron chi connectivity index (χ4n) is 1.89. The van der Waals surface area contributed by atoms with Gasteiger partial charge in [-0.3, -0.25) is 14.9 Å². The largest absolute Gasteiger partial charge is 0.481 e. The Kier molecular flexibility index (Phi) is 4.73. The van der Waals surface area contributed by atoms with Gasteiger partial charge in [-0.15, -0.1) is 0 Å². The number of non-ortho nitro benzene ring substituents is 1. The molecule has 0 aliphatic rings. The molecule has 0 heterocycles. The molecule has 1 atom stereocenters. The number of para-hydroxylation sites is 1. The Morgan fingerprint density at radius 1 is 1.23 bits per heavy atom. The molecule has 1 amide bonds. The molecular formula is C16H16N2O4. The van der Waals surface area contributed by atoms with Crippen LogP contribution in [0.15, 0.2) is 48.5 Å². The van der Waals surface area contributed by atoms with Crippen molar-refractivity contribution in [1.29, 1.82) is 0 Å². The molecule has 0 unspecified atom stereocenters. The van der Waals surface area contributed by atoms with Gasteiger partial charge in [-0.1, -0.05) is 18.2 Å². The molecule has 2 aromatic rings. The predicted octanol–water partition coefficient (Wildman–Crippen LogP) is 3.31. The third-order valence-electron chi connectivity index (χ3n) is 3.10. The van der Waals surface area contributed by atoms with Crippen LogP contribution in [0.3, 0.4) is 0 Å². The second kappa shape index (κ2) is 6.71. The molecule has 0 aliphatic carbocycles. The summed E-state index contributed by atoms with van der Waals surface area (Å²) >= 11 is 0. The Labute approximate surface area is 127 Å². The first-order valence-electron chi connectivity index (χ1n) is 6.75. The predicted molar refractivity (Wildman–Crippen MR) is 83.0 cm³/mol. The van der Waals surface area contributed by atoms with Crippen LogP contribution in [0, 0.1) is 17.0 Å². The van der Waals surface area contributed by atoms with Crippen LogP contribution in [0.25, 0.3) is 0 Å². The summed E-state index contributed by atoms with van der Waals surface area (Å²) < 4.78 is 5.53. The number of hydrogen-bond donors (Lipinski definition) is 1. The molecule has 0 saturated heterocycles. The van der Waals surface area contributed by atoms with E-state index in [1.165, 1.54) is 18.2 Å². The highest BCUT2D eigenvalue weighted by atomic mass is 16.6. The highest BCUT2D eigenvalue weighted by molar-refractivity contribution is 5.94. The van der Waals surface area contributed by atoms with E-state index >= 15 is 0 Å². The molecule has 0 bridgehead atoms. The van der Waals surface area contributed by atoms with E-state index in [4.69, 9.17) is 4.74 Å². The summed E-state index contributed by atoms with van der Waals surface area (Å²) in [4.78, 5) is 22.3. The van der Waals surface area contributed by atoms with Crippen LogP contribution in [-0.2, 0) is 4.79 Å². The molecule has 6 heteroatoms. The minimum atomic E-state index is -0.683. The SMILES string of the molecule is Cc1cc([N+](=O)[O-])ccc1NC(=O)[C@@H](C)Oc1ccccc1. The van der Waals surface area contributed by atoms with Crippen molar-refractivity contribution < 1.29 is 14.5 Å². The van der Waals surface area contributed by atoms with Crippen molar-refractivity contribution in [2.45, 2.75) is 20.0 Å². The number of carbonyl (C=O) groups is 1. The van der Waals surface area contributed by atoms with Crippen molar-refractivity contribution in [2.24, 2.45) is 0 Å². The molecule has 2 rings (SSSR count). The van der Waals surface area contributed by atoms with Gasteiger partial charge in [0.25, 0.3) is 11.6 Å². The molecule has 0 fully saturated rings. The standard InChI is InChI=1S/C16H16N2O4/c1-11-10-13(18(20)21)8-9-15(11)17-16(19)12(2)22-14-6-4-3-5-7-14/h3-10,12H,1-2H3,(H,17,19)/t12-/m1/s1. The topological polar surface area (TPSA) is 81.5 Å². The molecule has 114 valence electrons. The highest BCUT2D eigenvalue weighted by Gasteiger charge is 2.16. The van der Waals surface area contributed by atoms with E-state index in [0.29, 0.717) is 17.0 Å². The number of rotatable bonds is 5. The lowest BCUT2D eigenvalue weighted by Crippen LogP contribution is -2.30. The number of nitro benzene ring substituents is 1. The maximum atomic E-state index is 12.1. The van der Waals surface area contributed by atoms with E-state index in [1.807, 2.05) is 18.2 Å². The summed E-state index contributed by atoms with van der Waals surface area (Å²) in [6.45, 7) is 3.34. The van der Waals surface area contributed by atoms with Crippen molar-refractivity contribution in [1.82, 2.24) is 0 Å². The Morgan fingerprint density at radius 2 is 1.91 bits per heavy atom. The van der Waals surface area contributed by atoms with Crippen molar-refractivity contribution in [3.8, 4) is 5.75 Å². The van der Waals surface area contributed by atoms with E-state index in [9.17, 15) is 14.9 Å². The molecule has 1 N–H and O–H groups in total. The fourth-order valence-corrected chi connectivity index (χ4v) is 1.89. The van der Waals surface area contributed by atoms with Gasteiger partial charge in [0.15, 0.2) is 6.10 Å². The molecule has 2 aromatic carbocycles. The number of anilines is 1. The minimum absolute atomic E-state index is 0.0101. The van der Waals surface area contributed by atoms with E-state index in [2.05, 4.69) is 5.32 Å². The Hall–Kier alpha value is -2.89. The number of benzene rings is 2. The maximum absolute atomic E-state index is 12.1. The first kappa shape index (κ1) is 15.5. The van der Waals surface area contributed by atoms with E-state index in [1.54, 1.807) is 26.0 Å². The number of nitrogens with one attached hydrogen (secondary N) is 1. The highest BCUT2D eigenvalue weighted by Crippen LogP contribution is 2.21. The van der Waals surface area contributed by atoms with E-state index in [-0.39, 0.29) is 11.6 Å². The molecule has 0 saturated carbocycles. The molecule has 0 aromatic heterocycles. The van der Waals surface area contributed by atoms with Crippen molar-refractivity contribution in [3.05, 3.63) is 64.2 Å². The number of carbonyl (C=O) groups excluding carboxylic acids is 1. The van der Waals surface area contributed by atoms with Gasteiger partial charge < -0.3 is 10.1 Å². The van der Waals surface area contributed by atoms with Crippen LogP contribution >= 0.6 is 0 Å². The van der Waals surface area contributed by atoms with Crippen molar-refractivity contribution in [3.63, 3.8) is 0 Å². The fraction of sp³-hybridized carbons (Fsp3) is 0.188. The van der Waals surface area contributed by atoms with Gasteiger partial charge >= 0.3 is 0 Å². The molecule has 6 nitrogen and oxygen atoms in total. The third kappa shape index (κ3) is 3.82. The molecule has 0 aliphatic heterocycles. The van der Waals surface area contributed by atoms with E-state index in [0.717, 1.165) is 0 Å². The molecular weight excluding hydrogens is 284 g/mol. The van der Waals surface area contributed by atoms with Crippen LogP contribution in [-0.4, -0.2) is 16.9 Å². The minimum Gasteiger partial charge on any atom is -0.481 e. The van der Waals surface area contributed by atoms with Gasteiger partial charge in [0.05, 0.1) is 4.92 Å². The third-order valence-corrected chi connectivity index (χ3v) is 3.10. The lowest BCUT2D eigenvalue weighted by Gasteiger charge is -2.15. The monoisotopic (exact) mass is 300 g/mol. The summed E-state index contributed by atoms with van der Waals surface area (Å²) in [6, 6.07) is 13.3. The van der Waals surface area contributed by atoms with Crippen LogP contribution < -0.4 is 10.1 Å². The molecule has 0 spiro atoms. The van der Waals surface area contributed by atoms with Crippen molar-refractivity contribution >= 4 is 17.3 Å². The summed E-state index contributed by atoms with van der Waals surface area (Å²) in [5, 5.41) is 13.4. The normalized spacial score (nSPS) is 11.5. The van der Waals surface area contributed by atoms with Crippen molar-refractivity contribution in [2.75, 3.05) is 5.32 Å². The maximum Gasteiger partial charge on any atom is 0.269 e. The molecule has 22 heavy (non-hydrogen) atoms. The first-order valence-corrected chi connectivity index (χ1v) is 6.75. The lowest BCUT2D eigenvalue weighted by atomic mass is 10.1. The van der Waals surface area contributed by atoms with Crippen LogP contribution in [0.2, 0.25) is 0 Å². The number of ether oxygens (including phenoxy) is 1. The van der Waals surface area contributed by atoms with Gasteiger partial charge in [0.1, 0.15) is 5.75 Å². The zero-order valence-electron chi connectivity index (χ0n) is 12.3. The summed E-state index contributed by atoms with van der Waals surface area (Å²) in [7, 11) is 0. The van der Waals surface area contributed by atoms with Crippen LogP contribution in [0.5, 0.6) is 5.75 Å². The Balaban J connectivity index is 2.04. The summed E-state index contributed by atoms with van der Waals surface area (Å²) in [6.07, 6.45) is -0.683. The first-order chi connectivity index (χ1) is 10.5. The molecule has 0 radical (unpaired) electrons. The lowest BCUT2D eigenvalue weighted by molar-refractivity contribution is -0.384. The summed E-state index contributed by atoms with van der Waals surface area (Å²) in [5.41, 5.74) is 1.14. The van der Waals surface area contributed by atoms with E-state index < -0.39 is 11.0 Å². The average Bonchev–Trinajstić information content (AvgIpc) is 2.50. The van der Waals surface area contributed by atoms with Gasteiger partial charge in [-0.05, 0) is 37.6 Å². The van der Waals surface area contributed by atoms with Gasteiger partial charge in [0, 0.05) is 17.8 Å². The van der Waals surface area contributed by atoms with Gasteiger partial charge in [0.2, 0.25) is 0 Å². The van der Waals surface area contributed by atoms with Gasteiger partial charge in [-0.25, -0.2) is 0 Å². The number of aryl methyl sites for hydroxylation is 1. The zero-order valence-corrected chi connectivity index (χ0v) is 12.3. The smallest absolute Gasteiger partial charge is 0.269 e. The quantitative estimate of drug-likeness (QED) is 0.678. The van der Waals surface area contributed by atoms with Crippen LogP contribution in [0.4, 0.5) is 11.4 Å². The zero-order chi connectivity index (χ0) is 16.1. The second-order valence-electron chi connectivity index (χ2n) is 4.82. The second-order valence-corrected chi connectivity index (χ2v) is 4.82.